The van der Waals surface area contributed by atoms with E-state index in [1.54, 1.807) is 0 Å². The number of hydrogen-bond donors (Lipinski definition) is 0. The molecule has 2 heteroatoms. The van der Waals surface area contributed by atoms with E-state index in [1.165, 1.54) is 82.7 Å². The Morgan fingerprint density at radius 3 is 1.55 bits per heavy atom. The SMILES string of the molecule is CC1CC=CC=C1c1cc(-c2ccccc2)cc(-n2c3ccccc3c3c4c5ccccc5n(-c5ccc(-c6ccccc6)cc5)c4ccc32)c1. The zero-order valence-electron chi connectivity index (χ0n) is 28.5. The van der Waals surface area contributed by atoms with Crippen LogP contribution in [0.3, 0.4) is 0 Å². The number of aromatic nitrogens is 2. The Kier molecular flexibility index (Phi) is 6.89. The Labute approximate surface area is 297 Å². The summed E-state index contributed by atoms with van der Waals surface area (Å²) in [5, 5.41) is 5.11. The monoisotopic (exact) mass is 652 g/mol. The normalized spacial score (nSPS) is 14.5. The van der Waals surface area contributed by atoms with Crippen LogP contribution in [-0.4, -0.2) is 9.13 Å². The minimum atomic E-state index is 0.458. The highest BCUT2D eigenvalue weighted by Crippen LogP contribution is 2.43. The third-order valence-corrected chi connectivity index (χ3v) is 10.8. The summed E-state index contributed by atoms with van der Waals surface area (Å²) in [6, 6.07) is 60.0. The average Bonchev–Trinajstić information content (AvgIpc) is 3.71. The van der Waals surface area contributed by atoms with Gasteiger partial charge in [-0.05, 0) is 100 Å². The second kappa shape index (κ2) is 11.9. The van der Waals surface area contributed by atoms with Crippen molar-refractivity contribution in [2.45, 2.75) is 13.3 Å². The topological polar surface area (TPSA) is 9.86 Å². The second-order valence-corrected chi connectivity index (χ2v) is 13.8. The summed E-state index contributed by atoms with van der Waals surface area (Å²) < 4.78 is 4.92. The van der Waals surface area contributed by atoms with Crippen LogP contribution in [0.1, 0.15) is 18.9 Å². The number of para-hydroxylation sites is 2. The maximum Gasteiger partial charge on any atom is 0.0548 e. The quantitative estimate of drug-likeness (QED) is 0.175. The van der Waals surface area contributed by atoms with Gasteiger partial charge < -0.3 is 9.13 Å². The van der Waals surface area contributed by atoms with Crippen molar-refractivity contribution in [3.05, 3.63) is 188 Å². The van der Waals surface area contributed by atoms with E-state index in [2.05, 4.69) is 198 Å². The minimum absolute atomic E-state index is 0.458. The Bertz CT molecular complexity index is 2810. The summed E-state index contributed by atoms with van der Waals surface area (Å²) in [4.78, 5) is 0. The number of rotatable bonds is 5. The lowest BCUT2D eigenvalue weighted by atomic mass is 9.86. The van der Waals surface area contributed by atoms with Gasteiger partial charge in [0.2, 0.25) is 0 Å². The van der Waals surface area contributed by atoms with Gasteiger partial charge in [-0.15, -0.1) is 0 Å². The van der Waals surface area contributed by atoms with Gasteiger partial charge in [0.05, 0.1) is 22.1 Å². The number of allylic oxidation sites excluding steroid dienone is 4. The fourth-order valence-corrected chi connectivity index (χ4v) is 8.34. The summed E-state index contributed by atoms with van der Waals surface area (Å²) in [6.45, 7) is 2.34. The van der Waals surface area contributed by atoms with Crippen LogP contribution in [0.2, 0.25) is 0 Å². The lowest BCUT2D eigenvalue weighted by Gasteiger charge is -2.20. The van der Waals surface area contributed by atoms with E-state index in [1.807, 2.05) is 0 Å². The van der Waals surface area contributed by atoms with Crippen LogP contribution in [0.4, 0.5) is 0 Å². The van der Waals surface area contributed by atoms with Crippen LogP contribution < -0.4 is 0 Å². The Hall–Kier alpha value is -6.38. The molecule has 0 radical (unpaired) electrons. The molecule has 0 bridgehead atoms. The molecule has 0 saturated heterocycles. The molecule has 2 heterocycles. The first-order valence-electron chi connectivity index (χ1n) is 17.9. The zero-order valence-corrected chi connectivity index (χ0v) is 28.5. The van der Waals surface area contributed by atoms with E-state index < -0.39 is 0 Å². The standard InChI is InChI=1S/C49H36N2/c1-33-14-8-9-19-41(33)38-30-37(35-17-6-3-7-18-35)31-40(32-38)51-45-23-13-11-21-43(45)49-47(51)29-28-46-48(49)42-20-10-12-22-44(42)50(46)39-26-24-36(25-27-39)34-15-4-2-5-16-34/h2-13,15-33H,14H2,1H3. The van der Waals surface area contributed by atoms with Gasteiger partial charge in [-0.25, -0.2) is 0 Å². The first kappa shape index (κ1) is 29.5. The van der Waals surface area contributed by atoms with Crippen molar-refractivity contribution in [1.29, 1.82) is 0 Å². The molecule has 1 aliphatic carbocycles. The molecular weight excluding hydrogens is 617 g/mol. The van der Waals surface area contributed by atoms with Gasteiger partial charge in [0, 0.05) is 32.9 Å². The molecule has 51 heavy (non-hydrogen) atoms. The largest absolute Gasteiger partial charge is 0.309 e. The average molecular weight is 653 g/mol. The van der Waals surface area contributed by atoms with E-state index in [9.17, 15) is 0 Å². The van der Waals surface area contributed by atoms with Crippen LogP contribution in [0.25, 0.3) is 82.8 Å². The van der Waals surface area contributed by atoms with Gasteiger partial charge in [0.1, 0.15) is 0 Å². The van der Waals surface area contributed by atoms with Crippen molar-refractivity contribution in [2.24, 2.45) is 5.92 Å². The van der Waals surface area contributed by atoms with Gasteiger partial charge in [-0.2, -0.15) is 0 Å². The van der Waals surface area contributed by atoms with E-state index in [-0.39, 0.29) is 0 Å². The van der Waals surface area contributed by atoms with E-state index >= 15 is 0 Å². The third kappa shape index (κ3) is 4.79. The van der Waals surface area contributed by atoms with Crippen LogP contribution in [0.15, 0.2) is 182 Å². The highest BCUT2D eigenvalue weighted by molar-refractivity contribution is 6.28. The van der Waals surface area contributed by atoms with Gasteiger partial charge in [0.15, 0.2) is 0 Å². The molecule has 0 fully saturated rings. The van der Waals surface area contributed by atoms with Gasteiger partial charge in [-0.3, -0.25) is 0 Å². The maximum absolute atomic E-state index is 2.49. The number of hydrogen-bond acceptors (Lipinski definition) is 0. The highest BCUT2D eigenvalue weighted by atomic mass is 15.0. The van der Waals surface area contributed by atoms with Crippen LogP contribution in [-0.2, 0) is 0 Å². The molecule has 0 amide bonds. The predicted octanol–water partition coefficient (Wildman–Crippen LogP) is 13.2. The molecular formula is C49H36N2. The molecule has 2 nitrogen and oxygen atoms in total. The molecule has 0 N–H and O–H groups in total. The van der Waals surface area contributed by atoms with Crippen molar-refractivity contribution < 1.29 is 0 Å². The van der Waals surface area contributed by atoms with Crippen molar-refractivity contribution in [3.8, 4) is 33.6 Å². The fraction of sp³-hybridized carbons (Fsp3) is 0.0612. The molecule has 1 atom stereocenters. The minimum Gasteiger partial charge on any atom is -0.309 e. The molecule has 242 valence electrons. The molecule has 1 aliphatic rings. The van der Waals surface area contributed by atoms with Crippen LogP contribution in [0, 0.1) is 5.92 Å². The van der Waals surface area contributed by atoms with Crippen molar-refractivity contribution in [3.63, 3.8) is 0 Å². The molecule has 0 aliphatic heterocycles. The van der Waals surface area contributed by atoms with Crippen LogP contribution in [0.5, 0.6) is 0 Å². The number of benzene rings is 7. The zero-order chi connectivity index (χ0) is 33.9. The molecule has 10 rings (SSSR count). The summed E-state index contributed by atoms with van der Waals surface area (Å²) >= 11 is 0. The van der Waals surface area contributed by atoms with Gasteiger partial charge in [0.25, 0.3) is 0 Å². The Morgan fingerprint density at radius 1 is 0.431 bits per heavy atom. The Morgan fingerprint density at radius 2 is 0.941 bits per heavy atom. The summed E-state index contributed by atoms with van der Waals surface area (Å²) in [5.41, 5.74) is 14.8. The first-order valence-corrected chi connectivity index (χ1v) is 17.9. The molecule has 0 saturated carbocycles. The van der Waals surface area contributed by atoms with Crippen molar-refractivity contribution in [2.75, 3.05) is 0 Å². The highest BCUT2D eigenvalue weighted by Gasteiger charge is 2.22. The third-order valence-electron chi connectivity index (χ3n) is 10.8. The number of nitrogens with zero attached hydrogens (tertiary/aromatic N) is 2. The van der Waals surface area contributed by atoms with E-state index in [0.717, 1.165) is 12.1 Å². The van der Waals surface area contributed by atoms with Gasteiger partial charge >= 0.3 is 0 Å². The molecule has 2 aromatic heterocycles. The van der Waals surface area contributed by atoms with Crippen molar-refractivity contribution in [1.82, 2.24) is 9.13 Å². The summed E-state index contributed by atoms with van der Waals surface area (Å²) in [5.74, 6) is 0.458. The molecule has 0 spiro atoms. The number of fused-ring (bicyclic) bond motifs is 7. The molecule has 7 aromatic carbocycles. The predicted molar refractivity (Wildman–Crippen MR) is 217 cm³/mol. The van der Waals surface area contributed by atoms with Crippen LogP contribution >= 0.6 is 0 Å². The molecule has 9 aromatic rings. The summed E-state index contributed by atoms with van der Waals surface area (Å²) in [7, 11) is 0. The fourth-order valence-electron chi connectivity index (χ4n) is 8.34. The Balaban J connectivity index is 1.25. The second-order valence-electron chi connectivity index (χ2n) is 13.8. The van der Waals surface area contributed by atoms with E-state index in [0.29, 0.717) is 5.92 Å². The first-order chi connectivity index (χ1) is 25.2. The maximum atomic E-state index is 2.49. The lowest BCUT2D eigenvalue weighted by Crippen LogP contribution is -2.03. The lowest BCUT2D eigenvalue weighted by molar-refractivity contribution is 0.758. The molecule has 1 unspecified atom stereocenters. The van der Waals surface area contributed by atoms with Crippen molar-refractivity contribution >= 4 is 49.2 Å². The van der Waals surface area contributed by atoms with E-state index in [4.69, 9.17) is 0 Å². The smallest absolute Gasteiger partial charge is 0.0548 e. The summed E-state index contributed by atoms with van der Waals surface area (Å²) in [6.07, 6.45) is 7.86. The van der Waals surface area contributed by atoms with Gasteiger partial charge in [-0.1, -0.05) is 134 Å².